The van der Waals surface area contributed by atoms with Crippen LogP contribution in [-0.4, -0.2) is 40.7 Å². The Morgan fingerprint density at radius 3 is 2.84 bits per heavy atom. The lowest BCUT2D eigenvalue weighted by molar-refractivity contribution is 0.136. The molecular formula is C13H21N3O2S. The minimum absolute atomic E-state index is 0.0328. The molecule has 0 bridgehead atoms. The first-order valence-electron chi connectivity index (χ1n) is 6.68. The molecule has 1 aromatic heterocycles. The van der Waals surface area contributed by atoms with Crippen molar-refractivity contribution in [1.29, 1.82) is 0 Å². The standard InChI is InChI=1S/C13H21N3O2S/c1-9(12-8-19-10(2)15-12)14-13(18)16-5-3-11(7-17)4-6-16/h8-9,11,17H,3-7H2,1-2H3,(H,14,18)/t9-/m1/s1. The number of aliphatic hydroxyl groups excluding tert-OH is 1. The Labute approximate surface area is 117 Å². The predicted molar refractivity (Wildman–Crippen MR) is 75.2 cm³/mol. The highest BCUT2D eigenvalue weighted by atomic mass is 32.1. The Hall–Kier alpha value is -1.14. The van der Waals surface area contributed by atoms with Crippen LogP contribution in [0.3, 0.4) is 0 Å². The summed E-state index contributed by atoms with van der Waals surface area (Å²) in [4.78, 5) is 18.3. The van der Waals surface area contributed by atoms with Crippen LogP contribution in [0, 0.1) is 12.8 Å². The SMILES string of the molecule is Cc1nc([C@@H](C)NC(=O)N2CCC(CO)CC2)cs1. The van der Waals surface area contributed by atoms with E-state index in [9.17, 15) is 4.79 Å². The average Bonchev–Trinajstić information content (AvgIpc) is 2.85. The second kappa shape index (κ2) is 6.34. The fourth-order valence-electron chi connectivity index (χ4n) is 2.25. The molecule has 1 aromatic rings. The van der Waals surface area contributed by atoms with Crippen LogP contribution in [0.1, 0.15) is 36.5 Å². The number of thiazole rings is 1. The van der Waals surface area contributed by atoms with Crippen molar-refractivity contribution in [2.75, 3.05) is 19.7 Å². The van der Waals surface area contributed by atoms with E-state index in [0.29, 0.717) is 5.92 Å². The van der Waals surface area contributed by atoms with Gasteiger partial charge in [-0.1, -0.05) is 0 Å². The maximum atomic E-state index is 12.1. The molecule has 6 heteroatoms. The van der Waals surface area contributed by atoms with E-state index in [-0.39, 0.29) is 18.7 Å². The molecule has 0 aromatic carbocycles. The number of hydrogen-bond acceptors (Lipinski definition) is 4. The number of carbonyl (C=O) groups is 1. The molecule has 1 aliphatic rings. The van der Waals surface area contributed by atoms with Gasteiger partial charge in [0.05, 0.1) is 16.7 Å². The number of piperidine rings is 1. The fourth-order valence-corrected chi connectivity index (χ4v) is 2.95. The van der Waals surface area contributed by atoms with Gasteiger partial charge in [0.2, 0.25) is 0 Å². The third kappa shape index (κ3) is 3.67. The smallest absolute Gasteiger partial charge is 0.317 e. The second-order valence-electron chi connectivity index (χ2n) is 5.08. The number of aryl methyl sites for hydroxylation is 1. The Kier molecular flexibility index (Phi) is 4.76. The molecule has 19 heavy (non-hydrogen) atoms. The Morgan fingerprint density at radius 1 is 1.63 bits per heavy atom. The van der Waals surface area contributed by atoms with Crippen LogP contribution in [-0.2, 0) is 0 Å². The van der Waals surface area contributed by atoms with Crippen LogP contribution in [0.25, 0.3) is 0 Å². The Bertz CT molecular complexity index is 427. The molecule has 1 aliphatic heterocycles. The number of aliphatic hydroxyl groups is 1. The first kappa shape index (κ1) is 14.3. The number of amides is 2. The molecule has 0 saturated carbocycles. The molecule has 1 saturated heterocycles. The number of aromatic nitrogens is 1. The van der Waals surface area contributed by atoms with Crippen LogP contribution in [0.4, 0.5) is 4.79 Å². The molecule has 106 valence electrons. The van der Waals surface area contributed by atoms with Crippen LogP contribution in [0.2, 0.25) is 0 Å². The van der Waals surface area contributed by atoms with Gasteiger partial charge in [-0.25, -0.2) is 9.78 Å². The van der Waals surface area contributed by atoms with Gasteiger partial charge in [0.25, 0.3) is 0 Å². The summed E-state index contributed by atoms with van der Waals surface area (Å²) in [5.74, 6) is 0.350. The zero-order valence-electron chi connectivity index (χ0n) is 11.4. The van der Waals surface area contributed by atoms with Crippen LogP contribution >= 0.6 is 11.3 Å². The maximum Gasteiger partial charge on any atom is 0.317 e. The topological polar surface area (TPSA) is 65.5 Å². The predicted octanol–water partition coefficient (Wildman–Crippen LogP) is 1.93. The molecule has 0 spiro atoms. The molecule has 5 nitrogen and oxygen atoms in total. The molecule has 2 N–H and O–H groups in total. The molecule has 2 amide bonds. The van der Waals surface area contributed by atoms with Gasteiger partial charge < -0.3 is 15.3 Å². The zero-order valence-corrected chi connectivity index (χ0v) is 12.2. The maximum absolute atomic E-state index is 12.1. The average molecular weight is 283 g/mol. The van der Waals surface area contributed by atoms with Crippen LogP contribution in [0.15, 0.2) is 5.38 Å². The fraction of sp³-hybridized carbons (Fsp3) is 0.692. The molecule has 2 heterocycles. The summed E-state index contributed by atoms with van der Waals surface area (Å²) in [5.41, 5.74) is 0.918. The summed E-state index contributed by atoms with van der Waals surface area (Å²) < 4.78 is 0. The number of rotatable bonds is 3. The number of urea groups is 1. The normalized spacial score (nSPS) is 18.4. The number of nitrogens with zero attached hydrogens (tertiary/aromatic N) is 2. The highest BCUT2D eigenvalue weighted by Gasteiger charge is 2.23. The molecule has 2 rings (SSSR count). The van der Waals surface area contributed by atoms with Gasteiger partial charge in [-0.05, 0) is 32.6 Å². The minimum Gasteiger partial charge on any atom is -0.396 e. The lowest BCUT2D eigenvalue weighted by Crippen LogP contribution is -2.45. The van der Waals surface area contributed by atoms with Crippen molar-refractivity contribution in [2.45, 2.75) is 32.7 Å². The number of carbonyl (C=O) groups excluding carboxylic acids is 1. The van der Waals surface area contributed by atoms with Gasteiger partial charge in [0, 0.05) is 25.1 Å². The van der Waals surface area contributed by atoms with Crippen molar-refractivity contribution in [3.05, 3.63) is 16.1 Å². The van der Waals surface area contributed by atoms with E-state index in [4.69, 9.17) is 5.11 Å². The summed E-state index contributed by atoms with van der Waals surface area (Å²) in [6.45, 7) is 5.58. The zero-order chi connectivity index (χ0) is 13.8. The molecule has 1 fully saturated rings. The Balaban J connectivity index is 1.84. The molecule has 0 radical (unpaired) electrons. The monoisotopic (exact) mass is 283 g/mol. The van der Waals surface area contributed by atoms with Gasteiger partial charge >= 0.3 is 6.03 Å². The van der Waals surface area contributed by atoms with E-state index in [2.05, 4.69) is 10.3 Å². The highest BCUT2D eigenvalue weighted by molar-refractivity contribution is 7.09. The van der Waals surface area contributed by atoms with Gasteiger partial charge in [-0.3, -0.25) is 0 Å². The summed E-state index contributed by atoms with van der Waals surface area (Å²) in [7, 11) is 0. The summed E-state index contributed by atoms with van der Waals surface area (Å²) in [5, 5.41) is 15.1. The van der Waals surface area contributed by atoms with Crippen molar-refractivity contribution in [1.82, 2.24) is 15.2 Å². The van der Waals surface area contributed by atoms with E-state index in [1.807, 2.05) is 24.1 Å². The van der Waals surface area contributed by atoms with E-state index < -0.39 is 0 Å². The first-order chi connectivity index (χ1) is 9.10. The lowest BCUT2D eigenvalue weighted by Gasteiger charge is -2.31. The molecule has 1 atom stereocenters. The van der Waals surface area contributed by atoms with E-state index in [1.165, 1.54) is 0 Å². The summed E-state index contributed by atoms with van der Waals surface area (Å²) >= 11 is 1.59. The third-order valence-electron chi connectivity index (χ3n) is 3.58. The van der Waals surface area contributed by atoms with Gasteiger partial charge in [0.1, 0.15) is 0 Å². The highest BCUT2D eigenvalue weighted by Crippen LogP contribution is 2.19. The van der Waals surface area contributed by atoms with Crippen LogP contribution < -0.4 is 5.32 Å². The van der Waals surface area contributed by atoms with Crippen molar-refractivity contribution >= 4 is 17.4 Å². The van der Waals surface area contributed by atoms with Crippen molar-refractivity contribution < 1.29 is 9.90 Å². The molecular weight excluding hydrogens is 262 g/mol. The minimum atomic E-state index is -0.0620. The van der Waals surface area contributed by atoms with Gasteiger partial charge in [-0.15, -0.1) is 11.3 Å². The second-order valence-corrected chi connectivity index (χ2v) is 6.14. The van der Waals surface area contributed by atoms with Crippen molar-refractivity contribution in [3.63, 3.8) is 0 Å². The summed E-state index contributed by atoms with van der Waals surface area (Å²) in [6.07, 6.45) is 1.77. The molecule has 0 unspecified atom stereocenters. The van der Waals surface area contributed by atoms with E-state index in [1.54, 1.807) is 11.3 Å². The van der Waals surface area contributed by atoms with Crippen molar-refractivity contribution in [2.24, 2.45) is 5.92 Å². The van der Waals surface area contributed by atoms with E-state index >= 15 is 0 Å². The Morgan fingerprint density at radius 2 is 2.32 bits per heavy atom. The number of likely N-dealkylation sites (tertiary alicyclic amines) is 1. The quantitative estimate of drug-likeness (QED) is 0.891. The first-order valence-corrected chi connectivity index (χ1v) is 7.56. The summed E-state index contributed by atoms with van der Waals surface area (Å²) in [6, 6.07) is -0.0949. The largest absolute Gasteiger partial charge is 0.396 e. The number of nitrogens with one attached hydrogen (secondary N) is 1. The third-order valence-corrected chi connectivity index (χ3v) is 4.37. The van der Waals surface area contributed by atoms with Gasteiger partial charge in [0.15, 0.2) is 0 Å². The van der Waals surface area contributed by atoms with Gasteiger partial charge in [-0.2, -0.15) is 0 Å². The lowest BCUT2D eigenvalue weighted by atomic mass is 9.98. The molecule has 0 aliphatic carbocycles. The number of hydrogen-bond donors (Lipinski definition) is 2. The van der Waals surface area contributed by atoms with Crippen LogP contribution in [0.5, 0.6) is 0 Å². The van der Waals surface area contributed by atoms with Crippen molar-refractivity contribution in [3.8, 4) is 0 Å². The van der Waals surface area contributed by atoms with E-state index in [0.717, 1.165) is 36.6 Å².